The van der Waals surface area contributed by atoms with Crippen LogP contribution in [0.3, 0.4) is 0 Å². The Morgan fingerprint density at radius 2 is 1.64 bits per heavy atom. The number of aliphatic hydroxyl groups is 2. The van der Waals surface area contributed by atoms with Gasteiger partial charge in [0, 0.05) is 25.2 Å². The first kappa shape index (κ1) is 18.9. The van der Waals surface area contributed by atoms with Gasteiger partial charge in [0.2, 0.25) is 0 Å². The van der Waals surface area contributed by atoms with Crippen LogP contribution in [0.2, 0.25) is 0 Å². The molecule has 2 aromatic carbocycles. The molecule has 28 heavy (non-hydrogen) atoms. The molecule has 2 N–H and O–H groups in total. The van der Waals surface area contributed by atoms with E-state index in [1.54, 1.807) is 0 Å². The number of Topliss-reactive ketones (excluding diaryl/α,β-unsaturated/α-hetero) is 1. The van der Waals surface area contributed by atoms with E-state index < -0.39 is 0 Å². The number of aliphatic hydroxyl groups excluding tert-OH is 2. The SMILES string of the molecule is O=C1CC(CCO)(CCO)Cc2ccc(C3=CC(c4ccccc4)=CC3)cc21. The van der Waals surface area contributed by atoms with E-state index in [1.165, 1.54) is 16.7 Å². The first-order valence-electron chi connectivity index (χ1n) is 9.98. The molecule has 2 aromatic rings. The normalized spacial score (nSPS) is 17.9. The quantitative estimate of drug-likeness (QED) is 0.786. The molecule has 0 radical (unpaired) electrons. The number of ketones is 1. The van der Waals surface area contributed by atoms with Crippen LogP contribution in [0, 0.1) is 5.41 Å². The molecular formula is C25H26O3. The van der Waals surface area contributed by atoms with Crippen LogP contribution in [0.4, 0.5) is 0 Å². The van der Waals surface area contributed by atoms with E-state index in [0.29, 0.717) is 19.3 Å². The van der Waals surface area contributed by atoms with Crippen LogP contribution in [0.15, 0.2) is 60.7 Å². The predicted octanol–water partition coefficient (Wildman–Crippen LogP) is 4.44. The summed E-state index contributed by atoms with van der Waals surface area (Å²) >= 11 is 0. The summed E-state index contributed by atoms with van der Waals surface area (Å²) in [6.07, 6.45) is 7.56. The Morgan fingerprint density at radius 1 is 0.893 bits per heavy atom. The van der Waals surface area contributed by atoms with Crippen molar-refractivity contribution < 1.29 is 15.0 Å². The summed E-state index contributed by atoms with van der Waals surface area (Å²) in [7, 11) is 0. The fraction of sp³-hybridized carbons (Fsp3) is 0.320. The van der Waals surface area contributed by atoms with Gasteiger partial charge in [0.25, 0.3) is 0 Å². The fourth-order valence-corrected chi connectivity index (χ4v) is 4.60. The number of hydrogen-bond acceptors (Lipinski definition) is 3. The highest BCUT2D eigenvalue weighted by molar-refractivity contribution is 6.00. The number of benzene rings is 2. The molecule has 0 fully saturated rings. The Hall–Kier alpha value is -2.49. The van der Waals surface area contributed by atoms with Gasteiger partial charge in [0.1, 0.15) is 0 Å². The van der Waals surface area contributed by atoms with Gasteiger partial charge in [0.05, 0.1) is 0 Å². The van der Waals surface area contributed by atoms with Crippen LogP contribution >= 0.6 is 0 Å². The Morgan fingerprint density at radius 3 is 2.36 bits per heavy atom. The molecule has 0 saturated carbocycles. The predicted molar refractivity (Wildman–Crippen MR) is 112 cm³/mol. The van der Waals surface area contributed by atoms with Gasteiger partial charge in [-0.3, -0.25) is 4.79 Å². The lowest BCUT2D eigenvalue weighted by atomic mass is 9.67. The van der Waals surface area contributed by atoms with Gasteiger partial charge in [-0.05, 0) is 65.0 Å². The monoisotopic (exact) mass is 374 g/mol. The smallest absolute Gasteiger partial charge is 0.163 e. The van der Waals surface area contributed by atoms with Crippen molar-refractivity contribution in [2.75, 3.05) is 13.2 Å². The minimum atomic E-state index is -0.316. The van der Waals surface area contributed by atoms with Gasteiger partial charge in [-0.15, -0.1) is 0 Å². The van der Waals surface area contributed by atoms with Gasteiger partial charge >= 0.3 is 0 Å². The van der Waals surface area contributed by atoms with Crippen LogP contribution in [-0.4, -0.2) is 29.2 Å². The molecule has 0 aromatic heterocycles. The Kier molecular flexibility index (Phi) is 5.29. The van der Waals surface area contributed by atoms with Crippen molar-refractivity contribution in [2.24, 2.45) is 5.41 Å². The molecule has 0 heterocycles. The highest BCUT2D eigenvalue weighted by atomic mass is 16.3. The summed E-state index contributed by atoms with van der Waals surface area (Å²) in [6.45, 7) is 0.0863. The number of fused-ring (bicyclic) bond motifs is 1. The Bertz CT molecular complexity index is 932. The van der Waals surface area contributed by atoms with E-state index in [2.05, 4.69) is 36.4 Å². The molecule has 0 saturated heterocycles. The summed E-state index contributed by atoms with van der Waals surface area (Å²) in [6, 6.07) is 16.5. The zero-order chi connectivity index (χ0) is 19.6. The third kappa shape index (κ3) is 3.60. The van der Waals surface area contributed by atoms with Crippen LogP contribution in [-0.2, 0) is 6.42 Å². The zero-order valence-corrected chi connectivity index (χ0v) is 16.0. The number of carbonyl (C=O) groups is 1. The molecule has 3 heteroatoms. The standard InChI is InChI=1S/C25H26O3/c26-12-10-25(11-13-27)16-22-9-8-21(15-23(22)24(28)17-25)20-7-6-19(14-20)18-4-2-1-3-5-18/h1-6,8-9,14-15,26-27H,7,10-13,16-17H2. The van der Waals surface area contributed by atoms with Crippen molar-refractivity contribution in [2.45, 2.75) is 32.1 Å². The van der Waals surface area contributed by atoms with Gasteiger partial charge in [-0.25, -0.2) is 0 Å². The van der Waals surface area contributed by atoms with Crippen molar-refractivity contribution in [3.63, 3.8) is 0 Å². The van der Waals surface area contributed by atoms with Crippen LogP contribution < -0.4 is 0 Å². The first-order valence-corrected chi connectivity index (χ1v) is 9.98. The Balaban J connectivity index is 1.61. The molecular weight excluding hydrogens is 348 g/mol. The minimum Gasteiger partial charge on any atom is -0.396 e. The van der Waals surface area contributed by atoms with E-state index >= 15 is 0 Å². The number of rotatable bonds is 6. The van der Waals surface area contributed by atoms with Crippen LogP contribution in [0.1, 0.15) is 52.7 Å². The summed E-state index contributed by atoms with van der Waals surface area (Å²) in [5, 5.41) is 18.9. The highest BCUT2D eigenvalue weighted by Gasteiger charge is 2.37. The molecule has 3 nitrogen and oxygen atoms in total. The molecule has 0 bridgehead atoms. The van der Waals surface area contributed by atoms with E-state index in [-0.39, 0.29) is 24.4 Å². The summed E-state index contributed by atoms with van der Waals surface area (Å²) in [5.74, 6) is 0.125. The third-order valence-electron chi connectivity index (χ3n) is 6.15. The maximum atomic E-state index is 12.9. The average molecular weight is 374 g/mol. The largest absolute Gasteiger partial charge is 0.396 e. The third-order valence-corrected chi connectivity index (χ3v) is 6.15. The van der Waals surface area contributed by atoms with Crippen LogP contribution in [0.5, 0.6) is 0 Å². The first-order chi connectivity index (χ1) is 13.6. The van der Waals surface area contributed by atoms with Crippen molar-refractivity contribution >= 4 is 16.9 Å². The molecule has 2 aliphatic carbocycles. The summed E-state index contributed by atoms with van der Waals surface area (Å²) in [5.41, 5.74) is 6.30. The summed E-state index contributed by atoms with van der Waals surface area (Å²) in [4.78, 5) is 12.9. The summed E-state index contributed by atoms with van der Waals surface area (Å²) < 4.78 is 0. The molecule has 0 atom stereocenters. The van der Waals surface area contributed by atoms with Crippen LogP contribution in [0.25, 0.3) is 11.1 Å². The van der Waals surface area contributed by atoms with E-state index in [9.17, 15) is 15.0 Å². The second-order valence-electron chi connectivity index (χ2n) is 8.00. The van der Waals surface area contributed by atoms with E-state index in [0.717, 1.165) is 29.5 Å². The molecule has 0 spiro atoms. The lowest BCUT2D eigenvalue weighted by molar-refractivity contribution is 0.0771. The van der Waals surface area contributed by atoms with E-state index in [1.807, 2.05) is 24.3 Å². The topological polar surface area (TPSA) is 57.5 Å². The van der Waals surface area contributed by atoms with Crippen molar-refractivity contribution in [1.29, 1.82) is 0 Å². The fourth-order valence-electron chi connectivity index (χ4n) is 4.60. The average Bonchev–Trinajstić information content (AvgIpc) is 3.19. The molecule has 144 valence electrons. The van der Waals surface area contributed by atoms with Gasteiger partial charge in [0.15, 0.2) is 5.78 Å². The van der Waals surface area contributed by atoms with Crippen molar-refractivity contribution in [3.05, 3.63) is 82.9 Å². The number of allylic oxidation sites excluding steroid dienone is 4. The maximum absolute atomic E-state index is 12.9. The van der Waals surface area contributed by atoms with Crippen molar-refractivity contribution in [1.82, 2.24) is 0 Å². The van der Waals surface area contributed by atoms with Gasteiger partial charge in [-0.1, -0.05) is 54.6 Å². The molecule has 0 unspecified atom stereocenters. The number of hydrogen-bond donors (Lipinski definition) is 2. The molecule has 0 amide bonds. The zero-order valence-electron chi connectivity index (χ0n) is 16.0. The second kappa shape index (κ2) is 7.86. The lowest BCUT2D eigenvalue weighted by Gasteiger charge is -2.37. The lowest BCUT2D eigenvalue weighted by Crippen LogP contribution is -2.34. The van der Waals surface area contributed by atoms with Gasteiger partial charge in [-0.2, -0.15) is 0 Å². The molecule has 2 aliphatic rings. The van der Waals surface area contributed by atoms with Crippen molar-refractivity contribution in [3.8, 4) is 0 Å². The highest BCUT2D eigenvalue weighted by Crippen LogP contribution is 2.42. The second-order valence-corrected chi connectivity index (χ2v) is 8.00. The maximum Gasteiger partial charge on any atom is 0.163 e. The van der Waals surface area contributed by atoms with Gasteiger partial charge < -0.3 is 10.2 Å². The van der Waals surface area contributed by atoms with E-state index in [4.69, 9.17) is 0 Å². The number of carbonyl (C=O) groups excluding carboxylic acids is 1. The minimum absolute atomic E-state index is 0.0432. The molecule has 0 aliphatic heterocycles. The molecule has 4 rings (SSSR count). The Labute approximate surface area is 166 Å².